The standard InChI is InChI=1S/C17H20N2O2S2/c1-11-2-6-14(7-3-11)23(20,21)18-17(22)19-9-15-12-4-5-13(8-12)16(15)10-19/h2-7,12-13,15-16H,8-10H2,1H3,(H,18,22)/t12-,13-,15-,16-/m0/s1. The molecule has 1 aromatic carbocycles. The van der Waals surface area contributed by atoms with Crippen molar-refractivity contribution in [1.82, 2.24) is 9.62 Å². The lowest BCUT2D eigenvalue weighted by molar-refractivity contribution is 0.395. The molecule has 2 fully saturated rings. The minimum atomic E-state index is -3.60. The van der Waals surface area contributed by atoms with E-state index in [1.165, 1.54) is 6.42 Å². The van der Waals surface area contributed by atoms with Crippen molar-refractivity contribution in [1.29, 1.82) is 0 Å². The number of benzene rings is 1. The average molecular weight is 348 g/mol. The summed E-state index contributed by atoms with van der Waals surface area (Å²) in [5.41, 5.74) is 1.03. The zero-order valence-corrected chi connectivity index (χ0v) is 14.6. The van der Waals surface area contributed by atoms with Crippen LogP contribution < -0.4 is 4.72 Å². The van der Waals surface area contributed by atoms with Gasteiger partial charge in [-0.3, -0.25) is 4.72 Å². The van der Waals surface area contributed by atoms with Gasteiger partial charge < -0.3 is 4.90 Å². The fraction of sp³-hybridized carbons (Fsp3) is 0.471. The molecule has 4 nitrogen and oxygen atoms in total. The van der Waals surface area contributed by atoms with E-state index in [-0.39, 0.29) is 4.90 Å². The van der Waals surface area contributed by atoms with Gasteiger partial charge in [-0.15, -0.1) is 0 Å². The first-order chi connectivity index (χ1) is 10.9. The monoisotopic (exact) mass is 348 g/mol. The number of rotatable bonds is 2. The first-order valence-electron chi connectivity index (χ1n) is 8.01. The molecule has 122 valence electrons. The van der Waals surface area contributed by atoms with Crippen LogP contribution in [0, 0.1) is 30.6 Å². The highest BCUT2D eigenvalue weighted by Crippen LogP contribution is 2.51. The molecule has 0 amide bonds. The van der Waals surface area contributed by atoms with Crippen LogP contribution in [-0.2, 0) is 10.0 Å². The minimum Gasteiger partial charge on any atom is -0.348 e. The maximum Gasteiger partial charge on any atom is 0.263 e. The fourth-order valence-corrected chi connectivity index (χ4v) is 5.72. The number of thiocarbonyl (C=S) groups is 1. The third-order valence-electron chi connectivity index (χ3n) is 5.50. The largest absolute Gasteiger partial charge is 0.348 e. The lowest BCUT2D eigenvalue weighted by Gasteiger charge is -2.22. The Kier molecular flexibility index (Phi) is 3.50. The van der Waals surface area contributed by atoms with Crippen LogP contribution in [0.25, 0.3) is 0 Å². The molecule has 0 radical (unpaired) electrons. The van der Waals surface area contributed by atoms with Crippen LogP contribution in [0.15, 0.2) is 41.3 Å². The molecule has 1 heterocycles. The third-order valence-corrected chi connectivity index (χ3v) is 7.35. The van der Waals surface area contributed by atoms with E-state index < -0.39 is 10.0 Å². The Bertz CT molecular complexity index is 750. The number of allylic oxidation sites excluding steroid dienone is 2. The molecular weight excluding hydrogens is 328 g/mol. The Morgan fingerprint density at radius 3 is 2.26 bits per heavy atom. The molecule has 6 heteroatoms. The highest BCUT2D eigenvalue weighted by atomic mass is 32.2. The Morgan fingerprint density at radius 2 is 1.70 bits per heavy atom. The maximum atomic E-state index is 12.5. The van der Waals surface area contributed by atoms with Crippen LogP contribution >= 0.6 is 12.2 Å². The zero-order valence-electron chi connectivity index (χ0n) is 13.0. The lowest BCUT2D eigenvalue weighted by atomic mass is 9.86. The SMILES string of the molecule is Cc1ccc(S(=O)(=O)NC(=S)N2C[C@@H]3[C@@H](C2)[C@H]2C=C[C@H]3C2)cc1. The number of likely N-dealkylation sites (tertiary alicyclic amines) is 1. The molecule has 0 aromatic heterocycles. The molecule has 4 atom stereocenters. The second kappa shape index (κ2) is 5.31. The van der Waals surface area contributed by atoms with E-state index in [0.717, 1.165) is 18.7 Å². The summed E-state index contributed by atoms with van der Waals surface area (Å²) in [6.07, 6.45) is 5.93. The molecule has 2 aliphatic carbocycles. The van der Waals surface area contributed by atoms with E-state index in [9.17, 15) is 8.42 Å². The van der Waals surface area contributed by atoms with Crippen molar-refractivity contribution in [3.63, 3.8) is 0 Å². The first kappa shape index (κ1) is 15.1. The maximum absolute atomic E-state index is 12.5. The number of nitrogens with zero attached hydrogens (tertiary/aromatic N) is 1. The van der Waals surface area contributed by atoms with E-state index in [1.807, 2.05) is 11.8 Å². The van der Waals surface area contributed by atoms with Crippen LogP contribution in [0.2, 0.25) is 0 Å². The Labute approximate surface area is 142 Å². The van der Waals surface area contributed by atoms with E-state index in [0.29, 0.717) is 28.8 Å². The van der Waals surface area contributed by atoms with Gasteiger partial charge in [0.1, 0.15) is 0 Å². The van der Waals surface area contributed by atoms with Gasteiger partial charge >= 0.3 is 0 Å². The second-order valence-electron chi connectivity index (χ2n) is 6.90. The summed E-state index contributed by atoms with van der Waals surface area (Å²) in [6, 6.07) is 6.81. The van der Waals surface area contributed by atoms with Gasteiger partial charge in [-0.25, -0.2) is 8.42 Å². The number of hydrogen-bond acceptors (Lipinski definition) is 3. The van der Waals surface area contributed by atoms with Crippen molar-refractivity contribution >= 4 is 27.4 Å². The summed E-state index contributed by atoms with van der Waals surface area (Å²) in [5, 5.41) is 0.333. The van der Waals surface area contributed by atoms with Gasteiger partial charge in [-0.05, 0) is 61.4 Å². The van der Waals surface area contributed by atoms with Crippen molar-refractivity contribution in [2.45, 2.75) is 18.2 Å². The van der Waals surface area contributed by atoms with Crippen LogP contribution in [0.4, 0.5) is 0 Å². The fourth-order valence-electron chi connectivity index (χ4n) is 4.27. The minimum absolute atomic E-state index is 0.256. The van der Waals surface area contributed by atoms with Gasteiger partial charge in [0, 0.05) is 13.1 Å². The van der Waals surface area contributed by atoms with Crippen molar-refractivity contribution in [2.75, 3.05) is 13.1 Å². The van der Waals surface area contributed by atoms with E-state index in [4.69, 9.17) is 12.2 Å². The summed E-state index contributed by atoms with van der Waals surface area (Å²) in [7, 11) is -3.60. The summed E-state index contributed by atoms with van der Waals surface area (Å²) in [5.74, 6) is 2.58. The summed E-state index contributed by atoms with van der Waals surface area (Å²) < 4.78 is 27.5. The van der Waals surface area contributed by atoms with E-state index in [1.54, 1.807) is 24.3 Å². The molecule has 0 unspecified atom stereocenters. The van der Waals surface area contributed by atoms with Crippen molar-refractivity contribution < 1.29 is 8.42 Å². The number of nitrogens with one attached hydrogen (secondary N) is 1. The highest BCUT2D eigenvalue weighted by molar-refractivity contribution is 7.91. The highest BCUT2D eigenvalue weighted by Gasteiger charge is 2.49. The van der Waals surface area contributed by atoms with Crippen LogP contribution in [0.3, 0.4) is 0 Å². The molecule has 0 spiro atoms. The van der Waals surface area contributed by atoms with Crippen molar-refractivity contribution in [3.05, 3.63) is 42.0 Å². The van der Waals surface area contributed by atoms with Gasteiger partial charge in [0.15, 0.2) is 5.11 Å². The van der Waals surface area contributed by atoms with Crippen molar-refractivity contribution in [3.8, 4) is 0 Å². The zero-order chi connectivity index (χ0) is 16.2. The van der Waals surface area contributed by atoms with Gasteiger partial charge in [0.05, 0.1) is 4.90 Å². The van der Waals surface area contributed by atoms with Crippen LogP contribution in [0.1, 0.15) is 12.0 Å². The molecular formula is C17H20N2O2S2. The van der Waals surface area contributed by atoms with Gasteiger partial charge in [-0.1, -0.05) is 29.8 Å². The molecule has 1 aromatic rings. The number of hydrogen-bond donors (Lipinski definition) is 1. The first-order valence-corrected chi connectivity index (χ1v) is 9.90. The topological polar surface area (TPSA) is 49.4 Å². The van der Waals surface area contributed by atoms with E-state index in [2.05, 4.69) is 16.9 Å². The van der Waals surface area contributed by atoms with E-state index >= 15 is 0 Å². The molecule has 3 aliphatic rings. The normalized spacial score (nSPS) is 31.4. The quantitative estimate of drug-likeness (QED) is 0.658. The molecule has 1 saturated carbocycles. The van der Waals surface area contributed by atoms with Gasteiger partial charge in [0.2, 0.25) is 0 Å². The lowest BCUT2D eigenvalue weighted by Crippen LogP contribution is -2.42. The van der Waals surface area contributed by atoms with Crippen LogP contribution in [0.5, 0.6) is 0 Å². The molecule has 2 bridgehead atoms. The van der Waals surface area contributed by atoms with Crippen LogP contribution in [-0.4, -0.2) is 31.5 Å². The second-order valence-corrected chi connectivity index (χ2v) is 8.97. The number of aryl methyl sites for hydroxylation is 1. The Morgan fingerprint density at radius 1 is 1.13 bits per heavy atom. The summed E-state index contributed by atoms with van der Waals surface area (Å²) >= 11 is 5.38. The Hall–Kier alpha value is -1.40. The van der Waals surface area contributed by atoms with Gasteiger partial charge in [-0.2, -0.15) is 0 Å². The molecule has 1 N–H and O–H groups in total. The molecule has 23 heavy (non-hydrogen) atoms. The third kappa shape index (κ3) is 2.58. The average Bonchev–Trinajstić information content (AvgIpc) is 3.20. The predicted octanol–water partition coefficient (Wildman–Crippen LogP) is 2.31. The molecule has 1 saturated heterocycles. The summed E-state index contributed by atoms with van der Waals surface area (Å²) in [6.45, 7) is 3.66. The smallest absolute Gasteiger partial charge is 0.263 e. The summed E-state index contributed by atoms with van der Waals surface area (Å²) in [4.78, 5) is 2.29. The molecule has 4 rings (SSSR count). The Balaban J connectivity index is 1.45. The van der Waals surface area contributed by atoms with Crippen molar-refractivity contribution in [2.24, 2.45) is 23.7 Å². The number of fused-ring (bicyclic) bond motifs is 5. The number of sulfonamides is 1. The van der Waals surface area contributed by atoms with Gasteiger partial charge in [0.25, 0.3) is 10.0 Å². The molecule has 1 aliphatic heterocycles. The predicted molar refractivity (Wildman–Crippen MR) is 93.4 cm³/mol.